The van der Waals surface area contributed by atoms with E-state index >= 15 is 0 Å². The van der Waals surface area contributed by atoms with Crippen LogP contribution >= 0.6 is 7.82 Å². The first-order valence-electron chi connectivity index (χ1n) is 25.4. The molecule has 0 aromatic carbocycles. The molecule has 1 rings (SSSR count). The minimum absolute atomic E-state index is 0.0483. The molecule has 62 heavy (non-hydrogen) atoms. The van der Waals surface area contributed by atoms with Crippen molar-refractivity contribution in [3.8, 4) is 0 Å². The monoisotopic (exact) mass is 901 g/mol. The number of hydrogen-bond acceptors (Lipinski definition) is 8. The molecule has 1 N–H and O–H groups in total. The molecule has 0 aliphatic carbocycles. The number of phosphoric acid groups is 1. The Morgan fingerprint density at radius 3 is 1.50 bits per heavy atom. The highest BCUT2D eigenvalue weighted by molar-refractivity contribution is 7.47. The number of ether oxygens (including phenoxy) is 2. The van der Waals surface area contributed by atoms with Crippen LogP contribution in [0.25, 0.3) is 0 Å². The summed E-state index contributed by atoms with van der Waals surface area (Å²) in [7, 11) is -0.440. The van der Waals surface area contributed by atoms with Gasteiger partial charge in [0.15, 0.2) is 6.10 Å². The summed E-state index contributed by atoms with van der Waals surface area (Å²) in [5.74, 6) is -0.838. The maximum Gasteiger partial charge on any atom is 0.472 e. The Morgan fingerprint density at radius 2 is 1.05 bits per heavy atom. The Labute approximate surface area is 381 Å². The van der Waals surface area contributed by atoms with Gasteiger partial charge in [-0.15, -0.1) is 10.3 Å². The Kier molecular flexibility index (Phi) is 32.2. The van der Waals surface area contributed by atoms with E-state index in [1.165, 1.54) is 114 Å². The largest absolute Gasteiger partial charge is 0.472 e. The van der Waals surface area contributed by atoms with Gasteiger partial charge in [0, 0.05) is 36.8 Å². The quantitative estimate of drug-likeness (QED) is 0.0210. The summed E-state index contributed by atoms with van der Waals surface area (Å²) in [4.78, 5) is 36.2. The molecule has 365 valence electrons. The molecule has 0 amide bonds. The van der Waals surface area contributed by atoms with Gasteiger partial charge in [0.2, 0.25) is 0 Å². The standard InChI is InChI=1S/C50H96N2O9P/c1-9-11-13-15-17-19-21-23-24-26-28-30-32-34-36-38-48(54)61-46(43-58-47(53)37-35-33-31-29-27-25-22-20-18-16-14-12-10-2)44-60-62(56,57)59-40-39-52(7,8)45-41-49(3,4)51(55)50(5,6)42-45/h23-24,45-46H,9-22,25-44H2,1-8H3/p+1/b24-23+/t46-/m1/s1. The minimum Gasteiger partial charge on any atom is -0.462 e. The van der Waals surface area contributed by atoms with Gasteiger partial charge >= 0.3 is 19.8 Å². The molecule has 1 unspecified atom stereocenters. The first kappa shape index (κ1) is 58.7. The van der Waals surface area contributed by atoms with E-state index in [1.54, 1.807) is 0 Å². The third-order valence-electron chi connectivity index (χ3n) is 12.8. The van der Waals surface area contributed by atoms with Gasteiger partial charge in [0.05, 0.1) is 26.7 Å². The highest BCUT2D eigenvalue weighted by atomic mass is 31.2. The molecule has 1 aliphatic rings. The van der Waals surface area contributed by atoms with Crippen LogP contribution in [0.1, 0.15) is 234 Å². The topological polar surface area (TPSA) is 132 Å². The van der Waals surface area contributed by atoms with Crippen molar-refractivity contribution in [2.75, 3.05) is 40.5 Å². The molecule has 11 nitrogen and oxygen atoms in total. The Hall–Kier alpha value is -1.33. The average Bonchev–Trinajstić information content (AvgIpc) is 3.20. The number of hydrogen-bond donors (Lipinski definition) is 1. The number of quaternary nitrogens is 1. The molecule has 0 spiro atoms. The van der Waals surface area contributed by atoms with Gasteiger partial charge in [0.25, 0.3) is 0 Å². The maximum atomic E-state index is 13.0. The molecule has 1 fully saturated rings. The fraction of sp³-hybridized carbons (Fsp3) is 0.920. The summed E-state index contributed by atoms with van der Waals surface area (Å²) in [5.41, 5.74) is -1.07. The van der Waals surface area contributed by atoms with Crippen molar-refractivity contribution >= 4 is 19.8 Å². The molecular formula is C50H97N2O9P+. The molecule has 1 saturated heterocycles. The second-order valence-electron chi connectivity index (χ2n) is 20.2. The fourth-order valence-corrected chi connectivity index (χ4v) is 9.48. The van der Waals surface area contributed by atoms with E-state index in [2.05, 4.69) is 26.0 Å². The lowest BCUT2D eigenvalue weighted by Crippen LogP contribution is -2.65. The number of piperidine rings is 1. The van der Waals surface area contributed by atoms with Crippen LogP contribution < -0.4 is 0 Å². The number of likely N-dealkylation sites (N-methyl/N-ethyl adjacent to an activating group) is 1. The number of carbonyl (C=O) groups excluding carboxylic acids is 2. The number of allylic oxidation sites excluding steroid dienone is 2. The molecule has 0 bridgehead atoms. The number of esters is 2. The fourth-order valence-electron chi connectivity index (χ4n) is 8.74. The normalized spacial score (nSPS) is 17.3. The molecule has 0 saturated carbocycles. The average molecular weight is 901 g/mol. The van der Waals surface area contributed by atoms with Gasteiger partial charge in [-0.3, -0.25) is 18.6 Å². The summed E-state index contributed by atoms with van der Waals surface area (Å²) in [6, 6.07) is 0.146. The number of rotatable bonds is 40. The van der Waals surface area contributed by atoms with Crippen LogP contribution in [-0.4, -0.2) is 90.1 Å². The van der Waals surface area contributed by atoms with Gasteiger partial charge in [-0.2, -0.15) is 0 Å². The highest BCUT2D eigenvalue weighted by Crippen LogP contribution is 2.44. The van der Waals surface area contributed by atoms with E-state index in [4.69, 9.17) is 18.5 Å². The first-order chi connectivity index (χ1) is 29.5. The van der Waals surface area contributed by atoms with Crippen molar-refractivity contribution < 1.29 is 47.3 Å². The second kappa shape index (κ2) is 34.0. The zero-order chi connectivity index (χ0) is 46.2. The number of nitrogens with zero attached hydrogens (tertiary/aromatic N) is 2. The van der Waals surface area contributed by atoms with Crippen molar-refractivity contribution in [2.45, 2.75) is 257 Å². The predicted molar refractivity (Wildman–Crippen MR) is 253 cm³/mol. The highest BCUT2D eigenvalue weighted by Gasteiger charge is 2.50. The van der Waals surface area contributed by atoms with Crippen LogP contribution in [0.4, 0.5) is 0 Å². The minimum atomic E-state index is -4.53. The van der Waals surface area contributed by atoms with E-state index in [0.29, 0.717) is 30.3 Å². The van der Waals surface area contributed by atoms with Crippen molar-refractivity contribution in [1.82, 2.24) is 5.06 Å². The van der Waals surface area contributed by atoms with Gasteiger partial charge in [-0.05, 0) is 66.2 Å². The summed E-state index contributed by atoms with van der Waals surface area (Å²) >= 11 is 0. The molecule has 0 aromatic rings. The third kappa shape index (κ3) is 29.3. The SMILES string of the molecule is CCCCCCCC/C=C/CCCCCCCC(=O)O[C@H](COC(=O)CCCCCCCCCCCCCCC)COP(=O)(O)OCC[N+](C)(C)C1CC(C)(C)N([O])C(C)(C)C1. The van der Waals surface area contributed by atoms with Crippen LogP contribution in [0.15, 0.2) is 12.2 Å². The van der Waals surface area contributed by atoms with Crippen molar-refractivity contribution in [3.05, 3.63) is 12.2 Å². The molecule has 1 heterocycles. The Bertz CT molecular complexity index is 1210. The summed E-state index contributed by atoms with van der Waals surface area (Å²) in [6.45, 7) is 12.0. The second-order valence-corrected chi connectivity index (χ2v) is 21.7. The van der Waals surface area contributed by atoms with Crippen molar-refractivity contribution in [3.63, 3.8) is 0 Å². The molecule has 1 aliphatic heterocycles. The van der Waals surface area contributed by atoms with E-state index in [1.807, 2.05) is 41.8 Å². The predicted octanol–water partition coefficient (Wildman–Crippen LogP) is 13.5. The zero-order valence-electron chi connectivity index (χ0n) is 41.4. The Balaban J connectivity index is 2.53. The lowest BCUT2D eigenvalue weighted by molar-refractivity contribution is -0.918. The number of unbranched alkanes of at least 4 members (excludes halogenated alkanes) is 23. The molecule has 12 heteroatoms. The van der Waals surface area contributed by atoms with Crippen LogP contribution in [0.5, 0.6) is 0 Å². The third-order valence-corrected chi connectivity index (χ3v) is 13.7. The van der Waals surface area contributed by atoms with Crippen LogP contribution in [0.2, 0.25) is 0 Å². The maximum absolute atomic E-state index is 13.0. The smallest absolute Gasteiger partial charge is 0.462 e. The lowest BCUT2D eigenvalue weighted by Gasteiger charge is -2.53. The van der Waals surface area contributed by atoms with Gasteiger partial charge in [0.1, 0.15) is 19.8 Å². The number of carbonyl (C=O) groups is 2. The number of hydroxylamine groups is 2. The van der Waals surface area contributed by atoms with Gasteiger partial charge in [-0.1, -0.05) is 154 Å². The van der Waals surface area contributed by atoms with Crippen LogP contribution in [0.3, 0.4) is 0 Å². The van der Waals surface area contributed by atoms with Gasteiger partial charge in [-0.25, -0.2) is 4.57 Å². The summed E-state index contributed by atoms with van der Waals surface area (Å²) < 4.78 is 35.4. The molecule has 1 radical (unpaired) electrons. The van der Waals surface area contributed by atoms with Gasteiger partial charge < -0.3 is 18.9 Å². The van der Waals surface area contributed by atoms with E-state index < -0.39 is 37.6 Å². The van der Waals surface area contributed by atoms with E-state index in [9.17, 15) is 24.3 Å². The van der Waals surface area contributed by atoms with Crippen LogP contribution in [-0.2, 0) is 37.9 Å². The Morgan fingerprint density at radius 1 is 0.645 bits per heavy atom. The van der Waals surface area contributed by atoms with E-state index in [0.717, 1.165) is 51.4 Å². The molecular weight excluding hydrogens is 804 g/mol. The first-order valence-corrected chi connectivity index (χ1v) is 26.9. The molecule has 2 atom stereocenters. The molecule has 0 aromatic heterocycles. The van der Waals surface area contributed by atoms with E-state index in [-0.39, 0.29) is 38.1 Å². The summed E-state index contributed by atoms with van der Waals surface area (Å²) in [5, 5.41) is 14.1. The van der Waals surface area contributed by atoms with Crippen molar-refractivity contribution in [2.24, 2.45) is 0 Å². The lowest BCUT2D eigenvalue weighted by atomic mass is 9.77. The summed E-state index contributed by atoms with van der Waals surface area (Å²) in [6.07, 6.45) is 36.3. The van der Waals surface area contributed by atoms with Crippen molar-refractivity contribution in [1.29, 1.82) is 0 Å². The zero-order valence-corrected chi connectivity index (χ0v) is 42.3. The number of phosphoric ester groups is 1. The van der Waals surface area contributed by atoms with Crippen LogP contribution in [0, 0.1) is 0 Å².